The standard InChI is InChI=1S/C19H27NO3S/c1-13-7-8-16-15(9-13)10-17(24-16)19(22)23-12-18(21)20-11-14-5-3-2-4-6-14/h10,13-14H,2-9,11-12H2,1H3,(H,20,21)/t13-/m1/s1. The number of rotatable bonds is 5. The zero-order chi connectivity index (χ0) is 16.9. The fourth-order valence-electron chi connectivity index (χ4n) is 3.71. The summed E-state index contributed by atoms with van der Waals surface area (Å²) in [6.07, 6.45) is 9.50. The maximum atomic E-state index is 12.2. The maximum absolute atomic E-state index is 12.2. The topological polar surface area (TPSA) is 55.4 Å². The molecule has 0 aromatic carbocycles. The number of hydrogen-bond acceptors (Lipinski definition) is 4. The number of esters is 1. The van der Waals surface area contributed by atoms with Crippen molar-refractivity contribution in [2.45, 2.75) is 58.3 Å². The van der Waals surface area contributed by atoms with Gasteiger partial charge in [-0.05, 0) is 55.6 Å². The third-order valence-corrected chi connectivity index (χ3v) is 6.39. The summed E-state index contributed by atoms with van der Waals surface area (Å²) < 4.78 is 5.19. The summed E-state index contributed by atoms with van der Waals surface area (Å²) >= 11 is 1.53. The molecule has 2 aliphatic carbocycles. The van der Waals surface area contributed by atoms with E-state index in [1.807, 2.05) is 6.07 Å². The first-order valence-corrected chi connectivity index (χ1v) is 9.99. The molecule has 0 aliphatic heterocycles. The van der Waals surface area contributed by atoms with Crippen LogP contribution in [0.3, 0.4) is 0 Å². The molecule has 24 heavy (non-hydrogen) atoms. The molecule has 1 atom stereocenters. The number of hydrogen-bond donors (Lipinski definition) is 1. The van der Waals surface area contributed by atoms with E-state index in [9.17, 15) is 9.59 Å². The molecule has 1 fully saturated rings. The van der Waals surface area contributed by atoms with E-state index in [0.717, 1.165) is 12.8 Å². The Labute approximate surface area is 148 Å². The fourth-order valence-corrected chi connectivity index (χ4v) is 4.81. The van der Waals surface area contributed by atoms with Crippen LogP contribution in [0.2, 0.25) is 0 Å². The molecule has 0 saturated heterocycles. The van der Waals surface area contributed by atoms with Gasteiger partial charge in [0, 0.05) is 11.4 Å². The number of amides is 1. The number of carbonyl (C=O) groups excluding carboxylic acids is 2. The molecule has 5 heteroatoms. The van der Waals surface area contributed by atoms with Crippen LogP contribution in [0.1, 0.15) is 65.6 Å². The zero-order valence-electron chi connectivity index (χ0n) is 14.4. The van der Waals surface area contributed by atoms with E-state index in [-0.39, 0.29) is 18.5 Å². The molecular formula is C19H27NO3S. The van der Waals surface area contributed by atoms with Crippen molar-refractivity contribution in [3.05, 3.63) is 21.4 Å². The van der Waals surface area contributed by atoms with Gasteiger partial charge in [-0.1, -0.05) is 26.2 Å². The minimum atomic E-state index is -0.366. The van der Waals surface area contributed by atoms with Gasteiger partial charge in [-0.25, -0.2) is 4.79 Å². The summed E-state index contributed by atoms with van der Waals surface area (Å²) in [5.41, 5.74) is 1.28. The second-order valence-electron chi connectivity index (χ2n) is 7.29. The van der Waals surface area contributed by atoms with E-state index in [4.69, 9.17) is 4.74 Å². The van der Waals surface area contributed by atoms with E-state index in [2.05, 4.69) is 12.2 Å². The van der Waals surface area contributed by atoms with Crippen molar-refractivity contribution in [1.82, 2.24) is 5.32 Å². The molecule has 1 saturated carbocycles. The number of thiophene rings is 1. The predicted octanol–water partition coefficient (Wildman–Crippen LogP) is 3.73. The van der Waals surface area contributed by atoms with Crippen molar-refractivity contribution in [1.29, 1.82) is 0 Å². The summed E-state index contributed by atoms with van der Waals surface area (Å²) in [5, 5.41) is 2.90. The van der Waals surface area contributed by atoms with E-state index in [0.29, 0.717) is 23.3 Å². The summed E-state index contributed by atoms with van der Waals surface area (Å²) in [6, 6.07) is 1.96. The normalized spacial score (nSPS) is 21.1. The highest BCUT2D eigenvalue weighted by molar-refractivity contribution is 7.14. The zero-order valence-corrected chi connectivity index (χ0v) is 15.3. The van der Waals surface area contributed by atoms with Crippen molar-refractivity contribution < 1.29 is 14.3 Å². The summed E-state index contributed by atoms with van der Waals surface area (Å²) in [5.74, 6) is 0.713. The van der Waals surface area contributed by atoms with Gasteiger partial charge in [0.25, 0.3) is 5.91 Å². The molecule has 1 N–H and O–H groups in total. The molecule has 0 spiro atoms. The van der Waals surface area contributed by atoms with E-state index in [1.54, 1.807) is 0 Å². The van der Waals surface area contributed by atoms with E-state index >= 15 is 0 Å². The van der Waals surface area contributed by atoms with Gasteiger partial charge in [-0.15, -0.1) is 11.3 Å². The van der Waals surface area contributed by atoms with E-state index in [1.165, 1.54) is 60.3 Å². The predicted molar refractivity (Wildman–Crippen MR) is 95.4 cm³/mol. The average molecular weight is 349 g/mol. The lowest BCUT2D eigenvalue weighted by atomic mass is 9.89. The number of fused-ring (bicyclic) bond motifs is 1. The Hall–Kier alpha value is -1.36. The number of carbonyl (C=O) groups is 2. The van der Waals surface area contributed by atoms with Gasteiger partial charge in [0.15, 0.2) is 6.61 Å². The minimum absolute atomic E-state index is 0.176. The molecule has 0 unspecified atom stereocenters. The van der Waals surface area contributed by atoms with Crippen LogP contribution in [0.5, 0.6) is 0 Å². The molecule has 3 rings (SSSR count). The maximum Gasteiger partial charge on any atom is 0.348 e. The molecule has 1 aromatic rings. The Morgan fingerprint density at radius 2 is 2.04 bits per heavy atom. The van der Waals surface area contributed by atoms with Gasteiger partial charge in [0.2, 0.25) is 0 Å². The van der Waals surface area contributed by atoms with Crippen LogP contribution in [0.25, 0.3) is 0 Å². The van der Waals surface area contributed by atoms with Gasteiger partial charge < -0.3 is 10.1 Å². The molecule has 4 nitrogen and oxygen atoms in total. The lowest BCUT2D eigenvalue weighted by molar-refractivity contribution is -0.124. The van der Waals surface area contributed by atoms with E-state index < -0.39 is 0 Å². The number of ether oxygens (including phenoxy) is 1. The van der Waals surface area contributed by atoms with Crippen LogP contribution in [0.15, 0.2) is 6.07 Å². The Kier molecular flexibility index (Phi) is 5.93. The minimum Gasteiger partial charge on any atom is -0.451 e. The van der Waals surface area contributed by atoms with Crippen molar-refractivity contribution in [3.8, 4) is 0 Å². The van der Waals surface area contributed by atoms with Crippen molar-refractivity contribution in [2.24, 2.45) is 11.8 Å². The van der Waals surface area contributed by atoms with Gasteiger partial charge in [-0.3, -0.25) is 4.79 Å². The number of aryl methyl sites for hydroxylation is 1. The Morgan fingerprint density at radius 1 is 1.25 bits per heavy atom. The van der Waals surface area contributed by atoms with Crippen molar-refractivity contribution >= 4 is 23.2 Å². The highest BCUT2D eigenvalue weighted by Crippen LogP contribution is 2.32. The lowest BCUT2D eigenvalue weighted by Gasteiger charge is -2.21. The smallest absolute Gasteiger partial charge is 0.348 e. The lowest BCUT2D eigenvalue weighted by Crippen LogP contribution is -2.33. The van der Waals surface area contributed by atoms with Crippen LogP contribution in [-0.2, 0) is 22.4 Å². The molecule has 0 radical (unpaired) electrons. The molecule has 1 amide bonds. The first kappa shape index (κ1) is 17.5. The highest BCUT2D eigenvalue weighted by atomic mass is 32.1. The Bertz CT molecular complexity index is 589. The largest absolute Gasteiger partial charge is 0.451 e. The summed E-state index contributed by atoms with van der Waals surface area (Å²) in [6.45, 7) is 2.78. The van der Waals surface area contributed by atoms with Gasteiger partial charge >= 0.3 is 5.97 Å². The van der Waals surface area contributed by atoms with Gasteiger partial charge in [0.05, 0.1) is 0 Å². The molecule has 0 bridgehead atoms. The molecular weight excluding hydrogens is 322 g/mol. The molecule has 2 aliphatic rings. The van der Waals surface area contributed by atoms with Crippen molar-refractivity contribution in [3.63, 3.8) is 0 Å². The monoisotopic (exact) mass is 349 g/mol. The molecule has 1 heterocycles. The second-order valence-corrected chi connectivity index (χ2v) is 8.43. The third-order valence-electron chi connectivity index (χ3n) is 5.18. The first-order chi connectivity index (χ1) is 11.6. The molecule has 1 aromatic heterocycles. The van der Waals surface area contributed by atoms with Crippen LogP contribution in [-0.4, -0.2) is 25.0 Å². The fraction of sp³-hybridized carbons (Fsp3) is 0.684. The van der Waals surface area contributed by atoms with Crippen molar-refractivity contribution in [2.75, 3.05) is 13.2 Å². The summed E-state index contributed by atoms with van der Waals surface area (Å²) in [4.78, 5) is 26.0. The highest BCUT2D eigenvalue weighted by Gasteiger charge is 2.22. The van der Waals surface area contributed by atoms with Crippen LogP contribution < -0.4 is 5.32 Å². The quantitative estimate of drug-likeness (QED) is 0.824. The third kappa shape index (κ3) is 4.59. The summed E-state index contributed by atoms with van der Waals surface area (Å²) in [7, 11) is 0. The van der Waals surface area contributed by atoms with Crippen LogP contribution >= 0.6 is 11.3 Å². The van der Waals surface area contributed by atoms with Crippen LogP contribution in [0, 0.1) is 11.8 Å². The van der Waals surface area contributed by atoms with Crippen LogP contribution in [0.4, 0.5) is 0 Å². The van der Waals surface area contributed by atoms with Gasteiger partial charge in [-0.2, -0.15) is 0 Å². The SMILES string of the molecule is C[C@@H]1CCc2sc(C(=O)OCC(=O)NCC3CCCCC3)cc2C1. The Balaban J connectivity index is 1.42. The first-order valence-electron chi connectivity index (χ1n) is 9.17. The van der Waals surface area contributed by atoms with Gasteiger partial charge in [0.1, 0.15) is 4.88 Å². The average Bonchev–Trinajstić information content (AvgIpc) is 3.02. The molecule has 132 valence electrons. The second kappa shape index (κ2) is 8.15. The Morgan fingerprint density at radius 3 is 2.83 bits per heavy atom. The number of nitrogens with one attached hydrogen (secondary N) is 1.